The summed E-state index contributed by atoms with van der Waals surface area (Å²) in [5.74, 6) is -0.0186. The topological polar surface area (TPSA) is 45.5 Å². The zero-order valence-electron chi connectivity index (χ0n) is 14.4. The molecule has 4 heteroatoms. The van der Waals surface area contributed by atoms with Crippen LogP contribution in [-0.4, -0.2) is 19.0 Å². The Morgan fingerprint density at radius 2 is 1.96 bits per heavy atom. The average molecular weight is 334 g/mol. The molecule has 3 aromatic rings. The number of amides is 1. The molecule has 4 rings (SSSR count). The van der Waals surface area contributed by atoms with E-state index in [4.69, 9.17) is 4.42 Å². The number of rotatable bonds is 4. The van der Waals surface area contributed by atoms with Crippen molar-refractivity contribution in [3.63, 3.8) is 0 Å². The third kappa shape index (κ3) is 3.25. The fourth-order valence-corrected chi connectivity index (χ4v) is 3.51. The molecule has 2 heterocycles. The minimum Gasteiger partial charge on any atom is -0.464 e. The van der Waals surface area contributed by atoms with Gasteiger partial charge in [0.05, 0.1) is 24.1 Å². The highest BCUT2D eigenvalue weighted by Gasteiger charge is 2.17. The molecule has 1 aliphatic rings. The minimum atomic E-state index is -0.0186. The predicted octanol–water partition coefficient (Wildman–Crippen LogP) is 4.52. The summed E-state index contributed by atoms with van der Waals surface area (Å²) >= 11 is 0. The molecule has 0 saturated carbocycles. The maximum absolute atomic E-state index is 12.6. The molecule has 1 N–H and O–H groups in total. The van der Waals surface area contributed by atoms with Gasteiger partial charge in [-0.1, -0.05) is 24.3 Å². The second-order valence-electron chi connectivity index (χ2n) is 6.70. The molecule has 1 amide bonds. The van der Waals surface area contributed by atoms with E-state index in [1.54, 1.807) is 6.26 Å². The molecule has 0 radical (unpaired) electrons. The first-order valence-corrected chi connectivity index (χ1v) is 8.81. The van der Waals surface area contributed by atoms with Crippen molar-refractivity contribution in [3.05, 3.63) is 59.9 Å². The lowest BCUT2D eigenvalue weighted by molar-refractivity contribution is -0.115. The first-order chi connectivity index (χ1) is 12.2. The Kier molecular flexibility index (Phi) is 4.18. The molecule has 0 aliphatic carbocycles. The van der Waals surface area contributed by atoms with Crippen molar-refractivity contribution in [3.8, 4) is 0 Å². The van der Waals surface area contributed by atoms with Crippen molar-refractivity contribution in [1.82, 2.24) is 0 Å². The number of carbonyl (C=O) groups excluding carboxylic acids is 1. The van der Waals surface area contributed by atoms with E-state index < -0.39 is 0 Å². The van der Waals surface area contributed by atoms with Crippen LogP contribution in [0.4, 0.5) is 11.4 Å². The molecule has 4 nitrogen and oxygen atoms in total. The van der Waals surface area contributed by atoms with E-state index in [0.717, 1.165) is 46.6 Å². The van der Waals surface area contributed by atoms with E-state index in [1.807, 2.05) is 43.3 Å². The molecule has 0 unspecified atom stereocenters. The van der Waals surface area contributed by atoms with Crippen LogP contribution in [0.1, 0.15) is 24.0 Å². The number of furan rings is 1. The van der Waals surface area contributed by atoms with Gasteiger partial charge in [-0.3, -0.25) is 4.79 Å². The van der Waals surface area contributed by atoms with E-state index in [2.05, 4.69) is 16.3 Å². The van der Waals surface area contributed by atoms with Gasteiger partial charge in [0.15, 0.2) is 0 Å². The highest BCUT2D eigenvalue weighted by atomic mass is 16.3. The summed E-state index contributed by atoms with van der Waals surface area (Å²) in [7, 11) is 0. The molecular weight excluding hydrogens is 312 g/mol. The number of carbonyl (C=O) groups is 1. The number of nitrogens with one attached hydrogen (secondary N) is 1. The SMILES string of the molecule is Cc1ccc2c(CC(=O)Nc3ccccc3N3CCCC3)coc2c1. The van der Waals surface area contributed by atoms with Crippen LogP contribution in [0.2, 0.25) is 0 Å². The van der Waals surface area contributed by atoms with Crippen LogP contribution in [0, 0.1) is 6.92 Å². The number of benzene rings is 2. The Bertz CT molecular complexity index is 907. The lowest BCUT2D eigenvalue weighted by atomic mass is 10.1. The fourth-order valence-electron chi connectivity index (χ4n) is 3.51. The number of nitrogens with zero attached hydrogens (tertiary/aromatic N) is 1. The highest BCUT2D eigenvalue weighted by molar-refractivity contribution is 5.97. The second-order valence-corrected chi connectivity index (χ2v) is 6.70. The molecule has 1 fully saturated rings. The largest absolute Gasteiger partial charge is 0.464 e. The van der Waals surface area contributed by atoms with Gasteiger partial charge in [-0.25, -0.2) is 0 Å². The lowest BCUT2D eigenvalue weighted by Crippen LogP contribution is -2.21. The van der Waals surface area contributed by atoms with Crippen LogP contribution >= 0.6 is 0 Å². The maximum atomic E-state index is 12.6. The standard InChI is InChI=1S/C21H22N2O2/c1-15-8-9-17-16(14-25-20(17)12-15)13-21(24)22-18-6-2-3-7-19(18)23-10-4-5-11-23/h2-3,6-9,12,14H,4-5,10-11,13H2,1H3,(H,22,24). The Hall–Kier alpha value is -2.75. The number of para-hydroxylation sites is 2. The number of anilines is 2. The second kappa shape index (κ2) is 6.63. The molecule has 1 aromatic heterocycles. The third-order valence-corrected chi connectivity index (χ3v) is 4.79. The van der Waals surface area contributed by atoms with E-state index in [9.17, 15) is 4.79 Å². The number of fused-ring (bicyclic) bond motifs is 1. The van der Waals surface area contributed by atoms with Gasteiger partial charge in [-0.15, -0.1) is 0 Å². The molecule has 1 saturated heterocycles. The molecule has 0 atom stereocenters. The van der Waals surface area contributed by atoms with Crippen molar-refractivity contribution in [1.29, 1.82) is 0 Å². The molecule has 0 bridgehead atoms. The Morgan fingerprint density at radius 3 is 2.80 bits per heavy atom. The maximum Gasteiger partial charge on any atom is 0.228 e. The van der Waals surface area contributed by atoms with Gasteiger partial charge in [0, 0.05) is 24.0 Å². The zero-order valence-corrected chi connectivity index (χ0v) is 14.4. The van der Waals surface area contributed by atoms with Crippen LogP contribution < -0.4 is 10.2 Å². The van der Waals surface area contributed by atoms with E-state index in [0.29, 0.717) is 6.42 Å². The third-order valence-electron chi connectivity index (χ3n) is 4.79. The number of hydrogen-bond donors (Lipinski definition) is 1. The van der Waals surface area contributed by atoms with Crippen LogP contribution in [-0.2, 0) is 11.2 Å². The first kappa shape index (κ1) is 15.8. The van der Waals surface area contributed by atoms with Gasteiger partial charge < -0.3 is 14.6 Å². The summed E-state index contributed by atoms with van der Waals surface area (Å²) in [6.45, 7) is 4.14. The fraction of sp³-hybridized carbons (Fsp3) is 0.286. The first-order valence-electron chi connectivity index (χ1n) is 8.81. The minimum absolute atomic E-state index is 0.0186. The van der Waals surface area contributed by atoms with Crippen molar-refractivity contribution < 1.29 is 9.21 Å². The summed E-state index contributed by atoms with van der Waals surface area (Å²) in [6.07, 6.45) is 4.42. The summed E-state index contributed by atoms with van der Waals surface area (Å²) in [5.41, 5.74) is 4.91. The van der Waals surface area contributed by atoms with Crippen molar-refractivity contribution in [2.45, 2.75) is 26.2 Å². The van der Waals surface area contributed by atoms with Gasteiger partial charge in [0.25, 0.3) is 0 Å². The summed E-state index contributed by atoms with van der Waals surface area (Å²) in [6, 6.07) is 14.1. The molecule has 128 valence electrons. The van der Waals surface area contributed by atoms with Gasteiger partial charge in [-0.05, 0) is 43.5 Å². The van der Waals surface area contributed by atoms with Gasteiger partial charge in [-0.2, -0.15) is 0 Å². The van der Waals surface area contributed by atoms with E-state index in [1.165, 1.54) is 12.8 Å². The quantitative estimate of drug-likeness (QED) is 0.763. The highest BCUT2D eigenvalue weighted by Crippen LogP contribution is 2.29. The van der Waals surface area contributed by atoms with Crippen LogP contribution in [0.25, 0.3) is 11.0 Å². The predicted molar refractivity (Wildman–Crippen MR) is 101 cm³/mol. The van der Waals surface area contributed by atoms with Crippen molar-refractivity contribution in [2.24, 2.45) is 0 Å². The molecule has 25 heavy (non-hydrogen) atoms. The van der Waals surface area contributed by atoms with E-state index in [-0.39, 0.29) is 5.91 Å². The lowest BCUT2D eigenvalue weighted by Gasteiger charge is -2.21. The van der Waals surface area contributed by atoms with E-state index >= 15 is 0 Å². The Labute approximate surface area is 147 Å². The number of aryl methyl sites for hydroxylation is 1. The van der Waals surface area contributed by atoms with Crippen LogP contribution in [0.3, 0.4) is 0 Å². The summed E-state index contributed by atoms with van der Waals surface area (Å²) < 4.78 is 5.60. The van der Waals surface area contributed by atoms with Crippen LogP contribution in [0.5, 0.6) is 0 Å². The zero-order chi connectivity index (χ0) is 17.2. The van der Waals surface area contributed by atoms with Crippen LogP contribution in [0.15, 0.2) is 53.1 Å². The van der Waals surface area contributed by atoms with Crippen molar-refractivity contribution in [2.75, 3.05) is 23.3 Å². The molecule has 2 aromatic carbocycles. The van der Waals surface area contributed by atoms with Gasteiger partial charge in [0.1, 0.15) is 5.58 Å². The Morgan fingerprint density at radius 1 is 1.16 bits per heavy atom. The monoisotopic (exact) mass is 334 g/mol. The van der Waals surface area contributed by atoms with Gasteiger partial charge >= 0.3 is 0 Å². The van der Waals surface area contributed by atoms with Crippen molar-refractivity contribution >= 4 is 28.3 Å². The van der Waals surface area contributed by atoms with Gasteiger partial charge in [0.2, 0.25) is 5.91 Å². The average Bonchev–Trinajstić information content (AvgIpc) is 3.25. The molecule has 0 spiro atoms. The summed E-state index contributed by atoms with van der Waals surface area (Å²) in [4.78, 5) is 14.9. The smallest absolute Gasteiger partial charge is 0.228 e. The Balaban J connectivity index is 1.52. The molecule has 1 aliphatic heterocycles. The summed E-state index contributed by atoms with van der Waals surface area (Å²) in [5, 5.41) is 4.09. The number of hydrogen-bond acceptors (Lipinski definition) is 3. The normalized spacial score (nSPS) is 14.2. The molecular formula is C21H22N2O2.